The first kappa shape index (κ1) is 18.3. The molecule has 0 amide bonds. The minimum Gasteiger partial charge on any atom is -0.380 e. The third kappa shape index (κ3) is 5.89. The number of amidine groups is 1. The number of nitrogens with zero attached hydrogens (tertiary/aromatic N) is 1. The van der Waals surface area contributed by atoms with E-state index in [-0.39, 0.29) is 77.9 Å². The minimum atomic E-state index is 0. The standard InChI is InChI=1S/C10H12N2O2.CH3.Rb/c1-2-8-3-5-9(6-4-8)10(11)12-14-7-13;;/h3-7H,2H2,1H3,(H2,11,12);1H3;/q;-1;+1. The number of carbonyl (C=O) groups excluding carboxylic acids is 1. The predicted octanol–water partition coefficient (Wildman–Crippen LogP) is -1.50. The third-order valence-corrected chi connectivity index (χ3v) is 1.85. The van der Waals surface area contributed by atoms with Crippen molar-refractivity contribution in [2.45, 2.75) is 13.3 Å². The van der Waals surface area contributed by atoms with Crippen LogP contribution in [-0.4, -0.2) is 12.3 Å². The van der Waals surface area contributed by atoms with E-state index in [1.807, 2.05) is 24.3 Å². The van der Waals surface area contributed by atoms with E-state index in [0.29, 0.717) is 0 Å². The molecular formula is C11H15N2O2Rb. The molecule has 0 aromatic heterocycles. The van der Waals surface area contributed by atoms with Crippen LogP contribution in [0.3, 0.4) is 0 Å². The van der Waals surface area contributed by atoms with Crippen molar-refractivity contribution < 1.29 is 67.8 Å². The van der Waals surface area contributed by atoms with Crippen LogP contribution in [0.5, 0.6) is 0 Å². The van der Waals surface area contributed by atoms with E-state index < -0.39 is 0 Å². The van der Waals surface area contributed by atoms with Gasteiger partial charge in [0.05, 0.1) is 0 Å². The molecule has 0 atom stereocenters. The van der Waals surface area contributed by atoms with Crippen LogP contribution in [0.4, 0.5) is 0 Å². The molecule has 1 aromatic rings. The van der Waals surface area contributed by atoms with Gasteiger partial charge in [0.2, 0.25) is 0 Å². The van der Waals surface area contributed by atoms with Gasteiger partial charge in [-0.15, -0.1) is 0 Å². The van der Waals surface area contributed by atoms with Crippen LogP contribution in [0.1, 0.15) is 18.1 Å². The van der Waals surface area contributed by atoms with Gasteiger partial charge in [-0.2, -0.15) is 0 Å². The van der Waals surface area contributed by atoms with Crippen LogP contribution in [0.15, 0.2) is 29.4 Å². The van der Waals surface area contributed by atoms with Gasteiger partial charge in [-0.25, -0.2) is 0 Å². The number of nitrogens with two attached hydrogens (primary N) is 1. The molecule has 0 fully saturated rings. The van der Waals surface area contributed by atoms with Crippen molar-refractivity contribution in [2.24, 2.45) is 10.9 Å². The molecule has 1 aromatic carbocycles. The summed E-state index contributed by atoms with van der Waals surface area (Å²) in [5.74, 6) is 0.194. The average Bonchev–Trinajstić information content (AvgIpc) is 2.26. The second kappa shape index (κ2) is 10.1. The average molecular weight is 293 g/mol. The summed E-state index contributed by atoms with van der Waals surface area (Å²) in [6.07, 6.45) is 0.974. The Morgan fingerprint density at radius 3 is 2.44 bits per heavy atom. The normalized spacial score (nSPS) is 9.69. The van der Waals surface area contributed by atoms with E-state index in [1.165, 1.54) is 5.56 Å². The summed E-state index contributed by atoms with van der Waals surface area (Å²) in [6, 6.07) is 7.59. The van der Waals surface area contributed by atoms with Crippen molar-refractivity contribution in [1.82, 2.24) is 0 Å². The fraction of sp³-hybridized carbons (Fsp3) is 0.182. The Morgan fingerprint density at radius 2 is 2.00 bits per heavy atom. The molecule has 0 aliphatic rings. The van der Waals surface area contributed by atoms with E-state index in [9.17, 15) is 4.79 Å². The smallest absolute Gasteiger partial charge is 0.380 e. The van der Waals surface area contributed by atoms with Crippen LogP contribution in [-0.2, 0) is 16.1 Å². The van der Waals surface area contributed by atoms with Crippen LogP contribution in [0.2, 0.25) is 0 Å². The molecule has 16 heavy (non-hydrogen) atoms. The maximum Gasteiger partial charge on any atom is 1.00 e. The molecule has 0 heterocycles. The largest absolute Gasteiger partial charge is 1.00 e. The van der Waals surface area contributed by atoms with Crippen LogP contribution in [0, 0.1) is 7.43 Å². The maximum atomic E-state index is 9.86. The van der Waals surface area contributed by atoms with Crippen molar-refractivity contribution in [3.05, 3.63) is 42.8 Å². The van der Waals surface area contributed by atoms with Gasteiger partial charge < -0.3 is 18.0 Å². The number of aryl methyl sites for hydroxylation is 1. The molecule has 5 heteroatoms. The number of carbonyl (C=O) groups is 1. The maximum absolute atomic E-state index is 9.86. The number of hydrogen-bond donors (Lipinski definition) is 1. The van der Waals surface area contributed by atoms with E-state index in [1.54, 1.807) is 0 Å². The Morgan fingerprint density at radius 1 is 1.44 bits per heavy atom. The van der Waals surface area contributed by atoms with Gasteiger partial charge in [-0.05, 0) is 12.0 Å². The fourth-order valence-electron chi connectivity index (χ4n) is 1.04. The Bertz CT molecular complexity index is 336. The molecule has 0 saturated heterocycles. The predicted molar refractivity (Wildman–Crippen MR) is 60.1 cm³/mol. The van der Waals surface area contributed by atoms with Crippen molar-refractivity contribution in [2.75, 3.05) is 0 Å². The molecule has 0 bridgehead atoms. The number of oxime groups is 1. The molecular weight excluding hydrogens is 278 g/mol. The topological polar surface area (TPSA) is 64.7 Å². The Balaban J connectivity index is 0. The van der Waals surface area contributed by atoms with Gasteiger partial charge in [-0.3, -0.25) is 4.79 Å². The number of rotatable bonds is 4. The Labute approximate surface area is 145 Å². The molecule has 82 valence electrons. The summed E-state index contributed by atoms with van der Waals surface area (Å²) < 4.78 is 0. The van der Waals surface area contributed by atoms with Gasteiger partial charge in [-0.1, -0.05) is 36.3 Å². The summed E-state index contributed by atoms with van der Waals surface area (Å²) in [5, 5.41) is 3.39. The van der Waals surface area contributed by atoms with Gasteiger partial charge in [0, 0.05) is 5.56 Å². The van der Waals surface area contributed by atoms with Crippen molar-refractivity contribution in [3.8, 4) is 0 Å². The molecule has 2 N–H and O–H groups in total. The van der Waals surface area contributed by atoms with E-state index in [0.717, 1.165) is 12.0 Å². The first-order valence-electron chi connectivity index (χ1n) is 4.30. The zero-order chi connectivity index (χ0) is 10.4. The van der Waals surface area contributed by atoms with E-state index in [2.05, 4.69) is 16.9 Å². The zero-order valence-electron chi connectivity index (χ0n) is 9.93. The third-order valence-electron chi connectivity index (χ3n) is 1.85. The van der Waals surface area contributed by atoms with Crippen molar-refractivity contribution in [1.29, 1.82) is 0 Å². The van der Waals surface area contributed by atoms with E-state index >= 15 is 0 Å². The molecule has 0 aliphatic heterocycles. The second-order valence-corrected chi connectivity index (χ2v) is 2.73. The molecule has 0 saturated carbocycles. The summed E-state index contributed by atoms with van der Waals surface area (Å²) in [5.41, 5.74) is 7.50. The molecule has 0 aliphatic carbocycles. The van der Waals surface area contributed by atoms with Crippen molar-refractivity contribution in [3.63, 3.8) is 0 Å². The van der Waals surface area contributed by atoms with Crippen molar-refractivity contribution >= 4 is 12.3 Å². The SMILES string of the molecule is CCc1ccc(/C(N)=N/OC=O)cc1.[CH3-].[Rb+]. The van der Waals surface area contributed by atoms with Gasteiger partial charge in [0.25, 0.3) is 0 Å². The molecule has 0 radical (unpaired) electrons. The Hall–Kier alpha value is -0.0348. The van der Waals surface area contributed by atoms with Crippen LogP contribution < -0.4 is 63.9 Å². The molecule has 1 rings (SSSR count). The monoisotopic (exact) mass is 292 g/mol. The second-order valence-electron chi connectivity index (χ2n) is 2.73. The number of benzene rings is 1. The Kier molecular flexibility index (Phi) is 11.6. The van der Waals surface area contributed by atoms with Gasteiger partial charge in [0.15, 0.2) is 5.84 Å². The molecule has 4 nitrogen and oxygen atoms in total. The summed E-state index contributed by atoms with van der Waals surface area (Å²) in [4.78, 5) is 14.0. The molecule has 0 unspecified atom stereocenters. The van der Waals surface area contributed by atoms with Gasteiger partial charge >= 0.3 is 64.7 Å². The first-order valence-corrected chi connectivity index (χ1v) is 4.30. The summed E-state index contributed by atoms with van der Waals surface area (Å²) >= 11 is 0. The van der Waals surface area contributed by atoms with Crippen LogP contribution in [0.25, 0.3) is 0 Å². The first-order chi connectivity index (χ1) is 6.77. The number of hydrogen-bond acceptors (Lipinski definition) is 3. The minimum absolute atomic E-state index is 0. The summed E-state index contributed by atoms with van der Waals surface area (Å²) in [7, 11) is 0. The zero-order valence-corrected chi connectivity index (χ0v) is 14.9. The van der Waals surface area contributed by atoms with E-state index in [4.69, 9.17) is 5.73 Å². The molecule has 0 spiro atoms. The van der Waals surface area contributed by atoms with Crippen LogP contribution >= 0.6 is 0 Å². The van der Waals surface area contributed by atoms with Gasteiger partial charge in [0.1, 0.15) is 0 Å². The fourth-order valence-corrected chi connectivity index (χ4v) is 1.04. The quantitative estimate of drug-likeness (QED) is 0.183. The summed E-state index contributed by atoms with van der Waals surface area (Å²) in [6.45, 7) is 2.30.